The molecular weight excluding hydrogens is 287 g/mol. The van der Waals surface area contributed by atoms with Gasteiger partial charge in [-0.1, -0.05) is 12.1 Å². The third kappa shape index (κ3) is 2.58. The normalized spacial score (nSPS) is 11.2. The topological polar surface area (TPSA) is 78.7 Å². The Labute approximate surface area is 115 Å². The van der Waals surface area contributed by atoms with Crippen molar-refractivity contribution in [2.24, 2.45) is 0 Å². The number of benzene rings is 1. The van der Waals surface area contributed by atoms with Crippen LogP contribution >= 0.6 is 0 Å². The molecule has 1 N–H and O–H groups in total. The molecular formula is C13H8F3N3O2. The van der Waals surface area contributed by atoms with E-state index < -0.39 is 34.2 Å². The van der Waals surface area contributed by atoms with E-state index in [-0.39, 0.29) is 5.56 Å². The third-order valence-corrected chi connectivity index (χ3v) is 2.85. The zero-order valence-electron chi connectivity index (χ0n) is 10.7. The SMILES string of the molecule is Cc1cccc(C(F)(F)F)c1-n1cc(C#N)c(=O)[nH]c1=O. The number of nitriles is 1. The van der Waals surface area contributed by atoms with Gasteiger partial charge in [0, 0.05) is 6.20 Å². The number of aromatic amines is 1. The number of halogens is 3. The Kier molecular flexibility index (Phi) is 3.43. The highest BCUT2D eigenvalue weighted by molar-refractivity contribution is 5.49. The zero-order valence-corrected chi connectivity index (χ0v) is 10.7. The molecule has 0 amide bonds. The van der Waals surface area contributed by atoms with Crippen LogP contribution in [-0.2, 0) is 6.18 Å². The molecule has 2 rings (SSSR count). The molecule has 5 nitrogen and oxygen atoms in total. The molecule has 21 heavy (non-hydrogen) atoms. The van der Waals surface area contributed by atoms with Crippen LogP contribution in [0, 0.1) is 18.3 Å². The molecule has 0 saturated heterocycles. The van der Waals surface area contributed by atoms with Gasteiger partial charge in [-0.15, -0.1) is 0 Å². The third-order valence-electron chi connectivity index (χ3n) is 2.85. The molecule has 108 valence electrons. The fraction of sp³-hybridized carbons (Fsp3) is 0.154. The van der Waals surface area contributed by atoms with Crippen molar-refractivity contribution in [1.29, 1.82) is 5.26 Å². The highest BCUT2D eigenvalue weighted by Crippen LogP contribution is 2.34. The van der Waals surface area contributed by atoms with Gasteiger partial charge in [0.05, 0.1) is 11.3 Å². The summed E-state index contributed by atoms with van der Waals surface area (Å²) >= 11 is 0. The van der Waals surface area contributed by atoms with Gasteiger partial charge in [-0.3, -0.25) is 14.3 Å². The van der Waals surface area contributed by atoms with Gasteiger partial charge in [0.25, 0.3) is 5.56 Å². The molecule has 0 aliphatic heterocycles. The van der Waals surface area contributed by atoms with Crippen molar-refractivity contribution in [2.75, 3.05) is 0 Å². The fourth-order valence-corrected chi connectivity index (χ4v) is 1.92. The first-order valence-corrected chi connectivity index (χ1v) is 5.69. The van der Waals surface area contributed by atoms with Crippen molar-refractivity contribution < 1.29 is 13.2 Å². The molecule has 2 aromatic rings. The summed E-state index contributed by atoms with van der Waals surface area (Å²) in [5.74, 6) is 0. The Balaban J connectivity index is 2.90. The highest BCUT2D eigenvalue weighted by atomic mass is 19.4. The maximum Gasteiger partial charge on any atom is 0.418 e. The summed E-state index contributed by atoms with van der Waals surface area (Å²) < 4.78 is 39.8. The molecule has 0 aliphatic carbocycles. The monoisotopic (exact) mass is 295 g/mol. The molecule has 0 saturated carbocycles. The van der Waals surface area contributed by atoms with Gasteiger partial charge in [-0.05, 0) is 18.6 Å². The first-order chi connectivity index (χ1) is 9.75. The van der Waals surface area contributed by atoms with E-state index >= 15 is 0 Å². The molecule has 0 unspecified atom stereocenters. The number of H-pyrrole nitrogens is 1. The van der Waals surface area contributed by atoms with Gasteiger partial charge >= 0.3 is 11.9 Å². The van der Waals surface area contributed by atoms with Crippen LogP contribution in [-0.4, -0.2) is 9.55 Å². The Bertz CT molecular complexity index is 857. The number of nitrogens with zero attached hydrogens (tertiary/aromatic N) is 2. The number of aromatic nitrogens is 2. The lowest BCUT2D eigenvalue weighted by Gasteiger charge is -2.16. The molecule has 8 heteroatoms. The van der Waals surface area contributed by atoms with Gasteiger partial charge in [0.1, 0.15) is 11.6 Å². The second-order valence-corrected chi connectivity index (χ2v) is 4.25. The van der Waals surface area contributed by atoms with Crippen LogP contribution in [0.2, 0.25) is 0 Å². The van der Waals surface area contributed by atoms with E-state index in [0.29, 0.717) is 4.57 Å². The molecule has 0 bridgehead atoms. The highest BCUT2D eigenvalue weighted by Gasteiger charge is 2.34. The number of hydrogen-bond donors (Lipinski definition) is 1. The van der Waals surface area contributed by atoms with Crippen molar-refractivity contribution in [3.8, 4) is 11.8 Å². The van der Waals surface area contributed by atoms with E-state index in [0.717, 1.165) is 12.3 Å². The van der Waals surface area contributed by atoms with Gasteiger partial charge in [0.15, 0.2) is 0 Å². The standard InChI is InChI=1S/C13H8F3N3O2/c1-7-3-2-4-9(13(14,15)16)10(7)19-6-8(5-17)11(20)18-12(19)21/h2-4,6H,1H3,(H,18,20,21). The van der Waals surface area contributed by atoms with E-state index in [1.165, 1.54) is 25.1 Å². The predicted octanol–water partition coefficient (Wildman–Crippen LogP) is 1.72. The van der Waals surface area contributed by atoms with Crippen molar-refractivity contribution in [2.45, 2.75) is 13.1 Å². The molecule has 1 aromatic carbocycles. The quantitative estimate of drug-likeness (QED) is 0.870. The first-order valence-electron chi connectivity index (χ1n) is 5.69. The van der Waals surface area contributed by atoms with Crippen LogP contribution < -0.4 is 11.2 Å². The summed E-state index contributed by atoms with van der Waals surface area (Å²) in [7, 11) is 0. The number of hydrogen-bond acceptors (Lipinski definition) is 3. The van der Waals surface area contributed by atoms with E-state index in [1.54, 1.807) is 0 Å². The summed E-state index contributed by atoms with van der Waals surface area (Å²) in [6.45, 7) is 1.40. The van der Waals surface area contributed by atoms with Crippen molar-refractivity contribution in [3.63, 3.8) is 0 Å². The number of nitrogens with one attached hydrogen (secondary N) is 1. The van der Waals surface area contributed by atoms with E-state index in [2.05, 4.69) is 0 Å². The van der Waals surface area contributed by atoms with Crippen LogP contribution in [0.4, 0.5) is 13.2 Å². The summed E-state index contributed by atoms with van der Waals surface area (Å²) in [6.07, 6.45) is -3.87. The fourth-order valence-electron chi connectivity index (χ4n) is 1.92. The lowest BCUT2D eigenvalue weighted by Crippen LogP contribution is -2.31. The first kappa shape index (κ1) is 14.6. The Morgan fingerprint density at radius 2 is 1.95 bits per heavy atom. The molecule has 1 aromatic heterocycles. The van der Waals surface area contributed by atoms with Crippen LogP contribution in [0.5, 0.6) is 0 Å². The second-order valence-electron chi connectivity index (χ2n) is 4.25. The van der Waals surface area contributed by atoms with Gasteiger partial charge in [-0.25, -0.2) is 4.79 Å². The minimum atomic E-state index is -4.68. The number of para-hydroxylation sites is 1. The van der Waals surface area contributed by atoms with Gasteiger partial charge in [0.2, 0.25) is 0 Å². The van der Waals surface area contributed by atoms with Gasteiger partial charge < -0.3 is 0 Å². The number of alkyl halides is 3. The molecule has 0 atom stereocenters. The second kappa shape index (κ2) is 4.94. The summed E-state index contributed by atoms with van der Waals surface area (Å²) in [5.41, 5.74) is -3.70. The van der Waals surface area contributed by atoms with Gasteiger partial charge in [-0.2, -0.15) is 18.4 Å². The maximum absolute atomic E-state index is 13.1. The minimum absolute atomic E-state index is 0.183. The lowest BCUT2D eigenvalue weighted by molar-refractivity contribution is -0.137. The van der Waals surface area contributed by atoms with Crippen molar-refractivity contribution in [1.82, 2.24) is 9.55 Å². The predicted molar refractivity (Wildman–Crippen MR) is 67.1 cm³/mol. The Morgan fingerprint density at radius 1 is 1.29 bits per heavy atom. The number of aryl methyl sites for hydroxylation is 1. The van der Waals surface area contributed by atoms with E-state index in [4.69, 9.17) is 5.26 Å². The summed E-state index contributed by atoms with van der Waals surface area (Å²) in [4.78, 5) is 24.9. The maximum atomic E-state index is 13.1. The Hall–Kier alpha value is -2.82. The number of rotatable bonds is 1. The van der Waals surface area contributed by atoms with E-state index in [9.17, 15) is 22.8 Å². The van der Waals surface area contributed by atoms with Crippen LogP contribution in [0.15, 0.2) is 34.0 Å². The van der Waals surface area contributed by atoms with Crippen molar-refractivity contribution in [3.05, 3.63) is 61.9 Å². The van der Waals surface area contributed by atoms with Crippen LogP contribution in [0.25, 0.3) is 5.69 Å². The van der Waals surface area contributed by atoms with E-state index in [1.807, 2.05) is 4.98 Å². The lowest BCUT2D eigenvalue weighted by atomic mass is 10.1. The average molecular weight is 295 g/mol. The average Bonchev–Trinajstić information content (AvgIpc) is 2.38. The minimum Gasteiger partial charge on any atom is -0.273 e. The molecule has 0 fully saturated rings. The zero-order chi connectivity index (χ0) is 15.8. The smallest absolute Gasteiger partial charge is 0.273 e. The van der Waals surface area contributed by atoms with Crippen LogP contribution in [0.3, 0.4) is 0 Å². The Morgan fingerprint density at radius 3 is 2.52 bits per heavy atom. The largest absolute Gasteiger partial charge is 0.418 e. The summed E-state index contributed by atoms with van der Waals surface area (Å²) in [5, 5.41) is 8.77. The molecule has 0 aliphatic rings. The molecule has 0 spiro atoms. The summed E-state index contributed by atoms with van der Waals surface area (Å²) in [6, 6.07) is 4.96. The van der Waals surface area contributed by atoms with Crippen LogP contribution in [0.1, 0.15) is 16.7 Å². The molecule has 1 heterocycles. The molecule has 0 radical (unpaired) electrons. The van der Waals surface area contributed by atoms with Crippen molar-refractivity contribution >= 4 is 0 Å².